The van der Waals surface area contributed by atoms with Gasteiger partial charge in [-0.3, -0.25) is 18.8 Å². The molecule has 2 aliphatic heterocycles. The van der Waals surface area contributed by atoms with Crippen molar-refractivity contribution in [2.45, 2.75) is 12.8 Å². The zero-order chi connectivity index (χ0) is 26.2. The second-order valence-corrected chi connectivity index (χ2v) is 10.9. The Morgan fingerprint density at radius 2 is 1.84 bits per heavy atom. The number of nitrogens with zero attached hydrogens (tertiary/aromatic N) is 4. The summed E-state index contributed by atoms with van der Waals surface area (Å²) in [5.41, 5.74) is 6.73. The largest absolute Gasteiger partial charge is 0.378 e. The molecule has 0 bridgehead atoms. The van der Waals surface area contributed by atoms with Crippen LogP contribution in [0.4, 0.5) is 5.82 Å². The standard InChI is InChI=1S/C27H30N6O4S/c28-24(35)17-7-10-31(11-8-17)12-9-29-26(36)22-23(34)18-5-6-21(32-13-15-37-16-14-32)30-25(18)33-19-3-1-2-4-20(19)38-27(22)33/h1-6,17H,7-16H2,(H2,28,35)(H,29,36). The molecule has 2 amide bonds. The summed E-state index contributed by atoms with van der Waals surface area (Å²) in [5, 5.41) is 3.38. The summed E-state index contributed by atoms with van der Waals surface area (Å²) in [6, 6.07) is 11.5. The van der Waals surface area contributed by atoms with E-state index in [9.17, 15) is 14.4 Å². The fourth-order valence-corrected chi connectivity index (χ4v) is 6.59. The van der Waals surface area contributed by atoms with E-state index >= 15 is 0 Å². The smallest absolute Gasteiger partial charge is 0.258 e. The molecule has 6 rings (SSSR count). The molecule has 3 N–H and O–H groups in total. The number of thiazole rings is 1. The number of morpholine rings is 1. The lowest BCUT2D eigenvalue weighted by atomic mass is 9.96. The van der Waals surface area contributed by atoms with Crippen LogP contribution in [0.25, 0.3) is 26.1 Å². The molecule has 2 fully saturated rings. The number of benzene rings is 1. The SMILES string of the molecule is NC(=O)C1CCN(CCNC(=O)c2c(=O)c3ccc(N4CCOCC4)nc3n3c2sc2ccccc23)CC1. The van der Waals surface area contributed by atoms with Gasteiger partial charge in [-0.15, -0.1) is 11.3 Å². The van der Waals surface area contributed by atoms with Crippen molar-refractivity contribution in [2.24, 2.45) is 11.7 Å². The highest BCUT2D eigenvalue weighted by Gasteiger charge is 2.25. The summed E-state index contributed by atoms with van der Waals surface area (Å²) in [6.07, 6.45) is 1.47. The number of aromatic nitrogens is 2. The number of para-hydroxylation sites is 1. The highest BCUT2D eigenvalue weighted by molar-refractivity contribution is 7.24. The van der Waals surface area contributed by atoms with Crippen LogP contribution in [0.15, 0.2) is 41.2 Å². The first-order valence-corrected chi connectivity index (χ1v) is 13.8. The van der Waals surface area contributed by atoms with Crippen molar-refractivity contribution >= 4 is 55.0 Å². The van der Waals surface area contributed by atoms with Crippen LogP contribution in [0.2, 0.25) is 0 Å². The van der Waals surface area contributed by atoms with Crippen molar-refractivity contribution in [3.05, 3.63) is 52.2 Å². The van der Waals surface area contributed by atoms with E-state index in [4.69, 9.17) is 15.5 Å². The van der Waals surface area contributed by atoms with Gasteiger partial charge in [-0.25, -0.2) is 4.98 Å². The van der Waals surface area contributed by atoms with E-state index < -0.39 is 0 Å². The molecule has 4 aromatic rings. The number of amides is 2. The molecule has 0 saturated carbocycles. The Kier molecular flexibility index (Phi) is 6.73. The minimum absolute atomic E-state index is 0.0721. The number of hydrogen-bond donors (Lipinski definition) is 2. The van der Waals surface area contributed by atoms with Crippen molar-refractivity contribution in [2.75, 3.05) is 57.4 Å². The summed E-state index contributed by atoms with van der Waals surface area (Å²) < 4.78 is 8.41. The van der Waals surface area contributed by atoms with Crippen LogP contribution in [-0.4, -0.2) is 78.6 Å². The van der Waals surface area contributed by atoms with E-state index in [1.165, 1.54) is 11.3 Å². The third-order valence-electron chi connectivity index (χ3n) is 7.54. The number of carbonyl (C=O) groups is 2. The van der Waals surface area contributed by atoms with E-state index in [1.54, 1.807) is 6.07 Å². The van der Waals surface area contributed by atoms with Gasteiger partial charge < -0.3 is 25.6 Å². The molecule has 0 spiro atoms. The molecule has 0 aliphatic carbocycles. The van der Waals surface area contributed by atoms with Crippen LogP contribution in [0, 0.1) is 5.92 Å². The van der Waals surface area contributed by atoms with Crippen molar-refractivity contribution < 1.29 is 14.3 Å². The quantitative estimate of drug-likeness (QED) is 0.387. The number of fused-ring (bicyclic) bond motifs is 5. The van der Waals surface area contributed by atoms with Gasteiger partial charge in [0.15, 0.2) is 5.65 Å². The summed E-state index contributed by atoms with van der Waals surface area (Å²) >= 11 is 1.43. The maximum Gasteiger partial charge on any atom is 0.258 e. The summed E-state index contributed by atoms with van der Waals surface area (Å²) in [7, 11) is 0. The van der Waals surface area contributed by atoms with Crippen molar-refractivity contribution in [3.8, 4) is 0 Å². The average molecular weight is 535 g/mol. The zero-order valence-electron chi connectivity index (χ0n) is 21.0. The van der Waals surface area contributed by atoms with E-state index in [0.29, 0.717) is 42.2 Å². The Morgan fingerprint density at radius 3 is 2.61 bits per heavy atom. The first kappa shape index (κ1) is 24.8. The molecule has 0 radical (unpaired) electrons. The van der Waals surface area contributed by atoms with Gasteiger partial charge in [-0.05, 0) is 50.2 Å². The number of nitrogens with two attached hydrogens (primary N) is 1. The van der Waals surface area contributed by atoms with Crippen LogP contribution in [0.5, 0.6) is 0 Å². The molecule has 5 heterocycles. The van der Waals surface area contributed by atoms with Gasteiger partial charge in [0, 0.05) is 32.1 Å². The van der Waals surface area contributed by atoms with Crippen LogP contribution < -0.4 is 21.4 Å². The normalized spacial score (nSPS) is 17.4. The number of hydrogen-bond acceptors (Lipinski definition) is 8. The Labute approximate surface area is 223 Å². The highest BCUT2D eigenvalue weighted by Crippen LogP contribution is 2.31. The summed E-state index contributed by atoms with van der Waals surface area (Å²) in [5.74, 6) is 0.0950. The van der Waals surface area contributed by atoms with Gasteiger partial charge in [0.05, 0.1) is 28.8 Å². The Bertz CT molecular complexity index is 1580. The predicted octanol–water partition coefficient (Wildman–Crippen LogP) is 1.83. The third kappa shape index (κ3) is 4.50. The molecule has 11 heteroatoms. The maximum atomic E-state index is 13.7. The van der Waals surface area contributed by atoms with Gasteiger partial charge in [0.25, 0.3) is 5.91 Å². The van der Waals surface area contributed by atoms with Gasteiger partial charge in [-0.2, -0.15) is 0 Å². The number of anilines is 1. The van der Waals surface area contributed by atoms with Crippen LogP contribution in [0.3, 0.4) is 0 Å². The van der Waals surface area contributed by atoms with E-state index in [2.05, 4.69) is 15.1 Å². The molecule has 0 unspecified atom stereocenters. The molecular weight excluding hydrogens is 504 g/mol. The van der Waals surface area contributed by atoms with E-state index in [0.717, 1.165) is 55.1 Å². The molecule has 1 aromatic carbocycles. The third-order valence-corrected chi connectivity index (χ3v) is 8.68. The summed E-state index contributed by atoms with van der Waals surface area (Å²) in [4.78, 5) is 48.5. The van der Waals surface area contributed by atoms with E-state index in [-0.39, 0.29) is 28.7 Å². The highest BCUT2D eigenvalue weighted by atomic mass is 32.1. The molecule has 3 aromatic heterocycles. The van der Waals surface area contributed by atoms with Crippen LogP contribution in [0.1, 0.15) is 23.2 Å². The number of rotatable bonds is 6. The number of primary amides is 1. The number of likely N-dealkylation sites (tertiary alicyclic amines) is 1. The molecular formula is C27H30N6O4S. The lowest BCUT2D eigenvalue weighted by molar-refractivity contribution is -0.123. The molecule has 2 saturated heterocycles. The van der Waals surface area contributed by atoms with Crippen molar-refractivity contribution in [3.63, 3.8) is 0 Å². The first-order chi connectivity index (χ1) is 18.5. The van der Waals surface area contributed by atoms with Crippen molar-refractivity contribution in [1.82, 2.24) is 19.6 Å². The number of piperidine rings is 1. The second-order valence-electron chi connectivity index (χ2n) is 9.83. The molecule has 0 atom stereocenters. The number of carbonyl (C=O) groups excluding carboxylic acids is 2. The Morgan fingerprint density at radius 1 is 1.08 bits per heavy atom. The second kappa shape index (κ2) is 10.3. The fourth-order valence-electron chi connectivity index (χ4n) is 5.40. The molecule has 38 heavy (non-hydrogen) atoms. The minimum atomic E-state index is -0.384. The van der Waals surface area contributed by atoms with Crippen LogP contribution >= 0.6 is 11.3 Å². The number of nitrogens with one attached hydrogen (secondary N) is 1. The fraction of sp³-hybridized carbons (Fsp3) is 0.407. The van der Waals surface area contributed by atoms with Crippen molar-refractivity contribution in [1.29, 1.82) is 0 Å². The maximum absolute atomic E-state index is 13.7. The first-order valence-electron chi connectivity index (χ1n) is 13.0. The van der Waals surface area contributed by atoms with Crippen LogP contribution in [-0.2, 0) is 9.53 Å². The monoisotopic (exact) mass is 534 g/mol. The average Bonchev–Trinajstić information content (AvgIpc) is 3.33. The lowest BCUT2D eigenvalue weighted by Gasteiger charge is -2.30. The van der Waals surface area contributed by atoms with Gasteiger partial charge >= 0.3 is 0 Å². The Hall–Kier alpha value is -3.54. The van der Waals surface area contributed by atoms with Gasteiger partial charge in [0.2, 0.25) is 11.3 Å². The molecule has 198 valence electrons. The molecule has 2 aliphatic rings. The number of ether oxygens (including phenoxy) is 1. The van der Waals surface area contributed by atoms with E-state index in [1.807, 2.05) is 34.7 Å². The molecule has 10 nitrogen and oxygen atoms in total. The van der Waals surface area contributed by atoms with Gasteiger partial charge in [0.1, 0.15) is 16.2 Å². The predicted molar refractivity (Wildman–Crippen MR) is 148 cm³/mol. The Balaban J connectivity index is 1.33. The number of pyridine rings is 2. The topological polar surface area (TPSA) is 122 Å². The summed E-state index contributed by atoms with van der Waals surface area (Å²) in [6.45, 7) is 5.33. The van der Waals surface area contributed by atoms with Gasteiger partial charge in [-0.1, -0.05) is 12.1 Å². The minimum Gasteiger partial charge on any atom is -0.378 e. The lowest BCUT2D eigenvalue weighted by Crippen LogP contribution is -2.42. The zero-order valence-corrected chi connectivity index (χ0v) is 21.8.